The summed E-state index contributed by atoms with van der Waals surface area (Å²) in [6.45, 7) is 17.9. The second-order valence-electron chi connectivity index (χ2n) is 15.2. The summed E-state index contributed by atoms with van der Waals surface area (Å²) in [4.78, 5) is 4.74. The molecule has 7 rings (SSSR count). The third-order valence-electron chi connectivity index (χ3n) is 9.27. The van der Waals surface area contributed by atoms with Crippen LogP contribution < -0.4 is 4.74 Å². The summed E-state index contributed by atoms with van der Waals surface area (Å²) in [6, 6.07) is 36.4. The molecule has 0 aliphatic carbocycles. The lowest BCUT2D eigenvalue weighted by Crippen LogP contribution is -2.18. The summed E-state index contributed by atoms with van der Waals surface area (Å²) in [5.41, 5.74) is 10.4. The first-order valence-corrected chi connectivity index (χ1v) is 17.4. The summed E-state index contributed by atoms with van der Waals surface area (Å²) in [7, 11) is 0. The standard InChI is InChI=1S/C44H46N4O/c1-9-13-37-41(30-18-20-31(21-19-30)43(3,4)5)42(44(6,7)8)48(46-37)32-14-12-15-33(27-32)49-34-22-23-36-35-16-10-11-17-38(35)47(39(36)28-34)40-26-29(2)24-25-45-40/h10-12,14-28H,9,13H2,1-8H3. The number of nitrogens with zero attached hydrogens (tertiary/aromatic N) is 4. The van der Waals surface area contributed by atoms with E-state index < -0.39 is 0 Å². The lowest BCUT2D eigenvalue weighted by Gasteiger charge is -2.24. The van der Waals surface area contributed by atoms with Crippen molar-refractivity contribution < 1.29 is 4.74 Å². The van der Waals surface area contributed by atoms with E-state index in [-0.39, 0.29) is 10.8 Å². The van der Waals surface area contributed by atoms with E-state index in [1.165, 1.54) is 33.3 Å². The van der Waals surface area contributed by atoms with Gasteiger partial charge in [-0.25, -0.2) is 9.67 Å². The van der Waals surface area contributed by atoms with E-state index in [2.05, 4.69) is 156 Å². The predicted octanol–water partition coefficient (Wildman–Crippen LogP) is 11.7. The maximum atomic E-state index is 6.62. The van der Waals surface area contributed by atoms with Crippen LogP contribution in [0.15, 0.2) is 109 Å². The molecule has 248 valence electrons. The number of aryl methyl sites for hydroxylation is 2. The van der Waals surface area contributed by atoms with Crippen LogP contribution in [0.4, 0.5) is 0 Å². The van der Waals surface area contributed by atoms with E-state index in [0.29, 0.717) is 0 Å². The third-order valence-corrected chi connectivity index (χ3v) is 9.27. The molecule has 0 amide bonds. The molecule has 0 fully saturated rings. The van der Waals surface area contributed by atoms with Crippen LogP contribution in [0.25, 0.3) is 44.4 Å². The van der Waals surface area contributed by atoms with Gasteiger partial charge in [-0.15, -0.1) is 0 Å². The smallest absolute Gasteiger partial charge is 0.137 e. The van der Waals surface area contributed by atoms with Crippen LogP contribution in [0.5, 0.6) is 11.5 Å². The molecule has 0 radical (unpaired) electrons. The molecule has 0 aliphatic rings. The molecule has 0 bridgehead atoms. The van der Waals surface area contributed by atoms with Crippen molar-refractivity contribution in [3.63, 3.8) is 0 Å². The Morgan fingerprint density at radius 2 is 1.43 bits per heavy atom. The van der Waals surface area contributed by atoms with E-state index in [9.17, 15) is 0 Å². The van der Waals surface area contributed by atoms with Crippen molar-refractivity contribution >= 4 is 21.8 Å². The van der Waals surface area contributed by atoms with E-state index in [1.54, 1.807) is 0 Å². The van der Waals surface area contributed by atoms with Gasteiger partial charge in [-0.1, -0.05) is 103 Å². The zero-order chi connectivity index (χ0) is 34.5. The molecule has 5 heteroatoms. The number of fused-ring (bicyclic) bond motifs is 3. The highest BCUT2D eigenvalue weighted by Gasteiger charge is 2.29. The number of aromatic nitrogens is 4. The number of pyridine rings is 1. The molecule has 3 aromatic heterocycles. The Balaban J connectivity index is 1.31. The summed E-state index contributed by atoms with van der Waals surface area (Å²) in [5.74, 6) is 2.42. The SMILES string of the molecule is CCCc1nn(-c2cccc(Oc3ccc4c5ccccc5n(-c5cc(C)ccn5)c4c3)c2)c(C(C)(C)C)c1-c1ccc(C(C)(C)C)cc1. The van der Waals surface area contributed by atoms with Crippen molar-refractivity contribution in [3.8, 4) is 34.1 Å². The minimum Gasteiger partial charge on any atom is -0.457 e. The van der Waals surface area contributed by atoms with Crippen molar-refractivity contribution in [3.05, 3.63) is 132 Å². The van der Waals surface area contributed by atoms with Crippen molar-refractivity contribution in [2.24, 2.45) is 0 Å². The lowest BCUT2D eigenvalue weighted by molar-refractivity contribution is 0.482. The highest BCUT2D eigenvalue weighted by molar-refractivity contribution is 6.09. The molecule has 7 aromatic rings. The molecule has 0 spiro atoms. The van der Waals surface area contributed by atoms with Crippen LogP contribution in [-0.4, -0.2) is 19.3 Å². The fourth-order valence-electron chi connectivity index (χ4n) is 6.91. The van der Waals surface area contributed by atoms with Crippen molar-refractivity contribution in [2.75, 3.05) is 0 Å². The number of rotatable bonds is 7. The van der Waals surface area contributed by atoms with Gasteiger partial charge in [-0.2, -0.15) is 5.10 Å². The minimum absolute atomic E-state index is 0.0980. The fourth-order valence-corrected chi connectivity index (χ4v) is 6.91. The van der Waals surface area contributed by atoms with Gasteiger partial charge in [0.1, 0.15) is 17.3 Å². The molecule has 0 aliphatic heterocycles. The maximum absolute atomic E-state index is 6.62. The van der Waals surface area contributed by atoms with Gasteiger partial charge in [-0.05, 0) is 77.9 Å². The molecule has 3 heterocycles. The Morgan fingerprint density at radius 1 is 0.694 bits per heavy atom. The second kappa shape index (κ2) is 12.4. The monoisotopic (exact) mass is 646 g/mol. The average Bonchev–Trinajstić information content (AvgIpc) is 3.61. The van der Waals surface area contributed by atoms with Gasteiger partial charge in [0, 0.05) is 40.1 Å². The molecular formula is C44H46N4O. The highest BCUT2D eigenvalue weighted by atomic mass is 16.5. The zero-order valence-corrected chi connectivity index (χ0v) is 30.0. The second-order valence-corrected chi connectivity index (χ2v) is 15.2. The first-order valence-electron chi connectivity index (χ1n) is 17.4. The summed E-state index contributed by atoms with van der Waals surface area (Å²) >= 11 is 0. The Labute approximate surface area is 290 Å². The van der Waals surface area contributed by atoms with Gasteiger partial charge >= 0.3 is 0 Å². The van der Waals surface area contributed by atoms with Crippen LogP contribution in [0.1, 0.15) is 77.4 Å². The maximum Gasteiger partial charge on any atom is 0.137 e. The molecular weight excluding hydrogens is 601 g/mol. The van der Waals surface area contributed by atoms with Gasteiger partial charge in [0.15, 0.2) is 0 Å². The topological polar surface area (TPSA) is 44.9 Å². The van der Waals surface area contributed by atoms with E-state index in [0.717, 1.165) is 58.0 Å². The van der Waals surface area contributed by atoms with Gasteiger partial charge < -0.3 is 4.74 Å². The Kier molecular flexibility index (Phi) is 8.18. The van der Waals surface area contributed by atoms with Gasteiger partial charge in [0.25, 0.3) is 0 Å². The van der Waals surface area contributed by atoms with Crippen LogP contribution in [0.3, 0.4) is 0 Å². The molecule has 0 saturated heterocycles. The molecule has 5 nitrogen and oxygen atoms in total. The molecule has 0 N–H and O–H groups in total. The average molecular weight is 647 g/mol. The van der Waals surface area contributed by atoms with Crippen molar-refractivity contribution in [1.29, 1.82) is 0 Å². The normalized spacial score (nSPS) is 12.2. The van der Waals surface area contributed by atoms with E-state index in [1.807, 2.05) is 18.3 Å². The number of ether oxygens (including phenoxy) is 1. The van der Waals surface area contributed by atoms with Crippen molar-refractivity contribution in [1.82, 2.24) is 19.3 Å². The summed E-state index contributed by atoms with van der Waals surface area (Å²) in [6.07, 6.45) is 3.80. The first-order chi connectivity index (χ1) is 23.4. The number of para-hydroxylation sites is 1. The van der Waals surface area contributed by atoms with Crippen LogP contribution in [0, 0.1) is 6.92 Å². The van der Waals surface area contributed by atoms with Crippen molar-refractivity contribution in [2.45, 2.75) is 79.1 Å². The van der Waals surface area contributed by atoms with E-state index in [4.69, 9.17) is 14.8 Å². The molecule has 49 heavy (non-hydrogen) atoms. The third kappa shape index (κ3) is 6.14. The largest absolute Gasteiger partial charge is 0.457 e. The molecule has 0 saturated carbocycles. The van der Waals surface area contributed by atoms with Crippen LogP contribution in [0.2, 0.25) is 0 Å². The number of hydrogen-bond donors (Lipinski definition) is 0. The molecule has 0 unspecified atom stereocenters. The van der Waals surface area contributed by atoms with Gasteiger partial charge in [0.2, 0.25) is 0 Å². The lowest BCUT2D eigenvalue weighted by atomic mass is 9.83. The zero-order valence-electron chi connectivity index (χ0n) is 30.0. The Morgan fingerprint density at radius 3 is 2.14 bits per heavy atom. The minimum atomic E-state index is -0.157. The quantitative estimate of drug-likeness (QED) is 0.173. The summed E-state index contributed by atoms with van der Waals surface area (Å²) < 4.78 is 11.0. The molecule has 0 atom stereocenters. The Bertz CT molecular complexity index is 2290. The first kappa shape index (κ1) is 32.4. The van der Waals surface area contributed by atoms with Gasteiger partial charge in [-0.3, -0.25) is 4.57 Å². The Hall–Kier alpha value is -5.16. The molecule has 4 aromatic carbocycles. The number of benzene rings is 4. The number of hydrogen-bond acceptors (Lipinski definition) is 3. The predicted molar refractivity (Wildman–Crippen MR) is 204 cm³/mol. The highest BCUT2D eigenvalue weighted by Crippen LogP contribution is 2.40. The van der Waals surface area contributed by atoms with Crippen LogP contribution >= 0.6 is 0 Å². The summed E-state index contributed by atoms with van der Waals surface area (Å²) in [5, 5.41) is 7.65. The van der Waals surface area contributed by atoms with Gasteiger partial charge in [0.05, 0.1) is 28.1 Å². The fraction of sp³-hybridized carbons (Fsp3) is 0.273. The van der Waals surface area contributed by atoms with E-state index >= 15 is 0 Å². The van der Waals surface area contributed by atoms with Crippen LogP contribution in [-0.2, 0) is 17.3 Å².